The van der Waals surface area contributed by atoms with Crippen molar-refractivity contribution >= 4 is 58.9 Å². The molecule has 4 heteroatoms. The summed E-state index contributed by atoms with van der Waals surface area (Å²) in [5.74, 6) is 0. The summed E-state index contributed by atoms with van der Waals surface area (Å²) in [4.78, 5) is 23.2. The summed E-state index contributed by atoms with van der Waals surface area (Å²) < 4.78 is 0. The quantitative estimate of drug-likeness (QED) is 0.483. The Bertz CT molecular complexity index is 798. The molecule has 0 unspecified atom stereocenters. The number of halogens is 2. The van der Waals surface area contributed by atoms with Crippen molar-refractivity contribution in [3.63, 3.8) is 0 Å². The van der Waals surface area contributed by atoms with Gasteiger partial charge in [0.25, 0.3) is 0 Å². The molecule has 0 radical (unpaired) electrons. The predicted octanol–water partition coefficient (Wildman–Crippen LogP) is 5.08. The van der Waals surface area contributed by atoms with Gasteiger partial charge in [0.05, 0.1) is 0 Å². The Labute approximate surface area is 141 Å². The van der Waals surface area contributed by atoms with Gasteiger partial charge in [0.15, 0.2) is 12.6 Å². The van der Waals surface area contributed by atoms with Crippen molar-refractivity contribution < 1.29 is 9.59 Å². The Balaban J connectivity index is 0.00000121. The molecule has 114 valence electrons. The van der Waals surface area contributed by atoms with E-state index in [0.29, 0.717) is 11.1 Å². The van der Waals surface area contributed by atoms with Crippen molar-refractivity contribution in [1.82, 2.24) is 0 Å². The highest BCUT2D eigenvalue weighted by molar-refractivity contribution is 6.21. The number of aldehydes is 2. The molecule has 3 aromatic rings. The second-order valence-corrected chi connectivity index (χ2v) is 5.06. The normalized spacial score (nSPS) is 9.91. The van der Waals surface area contributed by atoms with Gasteiger partial charge in [-0.25, -0.2) is 0 Å². The number of rotatable bonds is 2. The number of hydrogen-bond donors (Lipinski definition) is 0. The van der Waals surface area contributed by atoms with Gasteiger partial charge in [-0.15, -0.1) is 24.8 Å². The third-order valence-electron chi connectivity index (χ3n) is 3.90. The molecule has 22 heavy (non-hydrogen) atoms. The van der Waals surface area contributed by atoms with Crippen LogP contribution in [0.25, 0.3) is 21.5 Å². The fraction of sp³-hybridized carbons (Fsp3) is 0.111. The van der Waals surface area contributed by atoms with Crippen molar-refractivity contribution in [3.8, 4) is 0 Å². The minimum Gasteiger partial charge on any atom is -0.298 e. The summed E-state index contributed by atoms with van der Waals surface area (Å²) in [5.41, 5.74) is 3.37. The van der Waals surface area contributed by atoms with Crippen LogP contribution in [0.1, 0.15) is 31.8 Å². The van der Waals surface area contributed by atoms with Crippen molar-refractivity contribution in [2.24, 2.45) is 0 Å². The molecule has 0 atom stereocenters. The second kappa shape index (κ2) is 6.91. The van der Waals surface area contributed by atoms with Crippen LogP contribution in [0.5, 0.6) is 0 Å². The van der Waals surface area contributed by atoms with Crippen molar-refractivity contribution in [3.05, 3.63) is 58.7 Å². The lowest BCUT2D eigenvalue weighted by Gasteiger charge is -2.14. The molecule has 0 saturated carbocycles. The first kappa shape index (κ1) is 18.1. The van der Waals surface area contributed by atoms with E-state index in [-0.39, 0.29) is 24.8 Å². The molecule has 0 fully saturated rings. The third kappa shape index (κ3) is 2.49. The van der Waals surface area contributed by atoms with E-state index in [2.05, 4.69) is 0 Å². The zero-order valence-electron chi connectivity index (χ0n) is 12.3. The summed E-state index contributed by atoms with van der Waals surface area (Å²) in [7, 11) is 0. The first-order valence-electron chi connectivity index (χ1n) is 6.54. The molecule has 0 spiro atoms. The van der Waals surface area contributed by atoms with E-state index in [1.807, 2.05) is 50.2 Å². The second-order valence-electron chi connectivity index (χ2n) is 5.06. The molecule has 0 aliphatic carbocycles. The summed E-state index contributed by atoms with van der Waals surface area (Å²) in [6.07, 6.45) is 1.79. The van der Waals surface area contributed by atoms with Crippen LogP contribution in [-0.4, -0.2) is 12.6 Å². The zero-order valence-corrected chi connectivity index (χ0v) is 13.9. The Morgan fingerprint density at radius 2 is 1.05 bits per heavy atom. The molecule has 3 aromatic carbocycles. The van der Waals surface area contributed by atoms with Crippen molar-refractivity contribution in [2.75, 3.05) is 0 Å². The maximum Gasteiger partial charge on any atom is 0.151 e. The average Bonchev–Trinajstić information content (AvgIpc) is 2.48. The molecule has 2 nitrogen and oxygen atoms in total. The molecule has 0 aliphatic rings. The first-order chi connectivity index (χ1) is 9.69. The summed E-state index contributed by atoms with van der Waals surface area (Å²) in [6, 6.07) is 11.6. The predicted molar refractivity (Wildman–Crippen MR) is 96.2 cm³/mol. The van der Waals surface area contributed by atoms with Gasteiger partial charge in [0.1, 0.15) is 0 Å². The number of benzene rings is 3. The first-order valence-corrected chi connectivity index (χ1v) is 6.54. The van der Waals surface area contributed by atoms with Crippen LogP contribution in [0, 0.1) is 13.8 Å². The lowest BCUT2D eigenvalue weighted by Crippen LogP contribution is -1.97. The Morgan fingerprint density at radius 3 is 1.36 bits per heavy atom. The van der Waals surface area contributed by atoms with Gasteiger partial charge >= 0.3 is 0 Å². The smallest absolute Gasteiger partial charge is 0.151 e. The fourth-order valence-electron chi connectivity index (χ4n) is 2.97. The highest BCUT2D eigenvalue weighted by Gasteiger charge is 2.15. The average molecular weight is 335 g/mol. The van der Waals surface area contributed by atoms with Gasteiger partial charge in [-0.1, -0.05) is 36.4 Å². The zero-order chi connectivity index (χ0) is 14.3. The van der Waals surface area contributed by atoms with Crippen molar-refractivity contribution in [2.45, 2.75) is 13.8 Å². The highest BCUT2D eigenvalue weighted by atomic mass is 35.5. The summed E-state index contributed by atoms with van der Waals surface area (Å²) >= 11 is 0. The van der Waals surface area contributed by atoms with Crippen molar-refractivity contribution in [1.29, 1.82) is 0 Å². The largest absolute Gasteiger partial charge is 0.298 e. The topological polar surface area (TPSA) is 34.1 Å². The molecule has 0 aliphatic heterocycles. The SMILES string of the molecule is Cc1ccc(C)c2c(C=O)c3ccccc3c(C=O)c12.Cl.Cl. The number of carbonyl (C=O) groups excluding carboxylic acids is 2. The van der Waals surface area contributed by atoms with Crippen LogP contribution in [0.4, 0.5) is 0 Å². The van der Waals surface area contributed by atoms with Gasteiger partial charge in [-0.05, 0) is 46.5 Å². The molecule has 0 heterocycles. The molecular weight excluding hydrogens is 319 g/mol. The van der Waals surface area contributed by atoms with Gasteiger partial charge < -0.3 is 0 Å². The van der Waals surface area contributed by atoms with Crippen LogP contribution in [0.2, 0.25) is 0 Å². The van der Waals surface area contributed by atoms with Crippen LogP contribution in [-0.2, 0) is 0 Å². The molecule has 0 amide bonds. The molecule has 0 N–H and O–H groups in total. The van der Waals surface area contributed by atoms with E-state index in [4.69, 9.17) is 0 Å². The standard InChI is InChI=1S/C18H14O2.2ClH/c1-11-7-8-12(2)18-16(10-20)14-6-4-3-5-13(14)15(9-19)17(11)18;;/h3-10H,1-2H3;2*1H. The van der Waals surface area contributed by atoms with Gasteiger partial charge in [0.2, 0.25) is 0 Å². The molecular formula is C18H16Cl2O2. The van der Waals surface area contributed by atoms with Gasteiger partial charge in [-0.3, -0.25) is 9.59 Å². The van der Waals surface area contributed by atoms with E-state index in [0.717, 1.165) is 45.2 Å². The highest BCUT2D eigenvalue weighted by Crippen LogP contribution is 2.34. The van der Waals surface area contributed by atoms with Crippen LogP contribution >= 0.6 is 24.8 Å². The number of carbonyl (C=O) groups is 2. The maximum atomic E-state index is 11.6. The van der Waals surface area contributed by atoms with Gasteiger partial charge in [-0.2, -0.15) is 0 Å². The Morgan fingerprint density at radius 1 is 0.682 bits per heavy atom. The van der Waals surface area contributed by atoms with Crippen LogP contribution in [0.3, 0.4) is 0 Å². The fourth-order valence-corrected chi connectivity index (χ4v) is 2.97. The minimum atomic E-state index is 0. The van der Waals surface area contributed by atoms with E-state index in [1.165, 1.54) is 0 Å². The molecule has 0 bridgehead atoms. The number of aryl methyl sites for hydroxylation is 2. The van der Waals surface area contributed by atoms with E-state index in [9.17, 15) is 9.59 Å². The van der Waals surface area contributed by atoms with Crippen LogP contribution < -0.4 is 0 Å². The van der Waals surface area contributed by atoms with E-state index in [1.54, 1.807) is 0 Å². The lowest BCUT2D eigenvalue weighted by atomic mass is 9.88. The Hall–Kier alpha value is -1.90. The maximum absolute atomic E-state index is 11.6. The Kier molecular flexibility index (Phi) is 5.70. The molecule has 3 rings (SSSR count). The lowest BCUT2D eigenvalue weighted by molar-refractivity contribution is 0.111. The molecule has 0 saturated heterocycles. The monoisotopic (exact) mass is 334 g/mol. The number of hydrogen-bond acceptors (Lipinski definition) is 2. The van der Waals surface area contributed by atoms with Gasteiger partial charge in [0, 0.05) is 11.1 Å². The van der Waals surface area contributed by atoms with Crippen LogP contribution in [0.15, 0.2) is 36.4 Å². The van der Waals surface area contributed by atoms with E-state index < -0.39 is 0 Å². The summed E-state index contributed by atoms with van der Waals surface area (Å²) in [6.45, 7) is 3.94. The third-order valence-corrected chi connectivity index (χ3v) is 3.90. The minimum absolute atomic E-state index is 0. The number of fused-ring (bicyclic) bond motifs is 2. The summed E-state index contributed by atoms with van der Waals surface area (Å²) in [5, 5.41) is 3.46. The molecule has 0 aromatic heterocycles. The van der Waals surface area contributed by atoms with E-state index >= 15 is 0 Å².